The van der Waals surface area contributed by atoms with Gasteiger partial charge in [0.1, 0.15) is 0 Å². The number of rotatable bonds is 3. The first-order valence-corrected chi connectivity index (χ1v) is 5.23. The second-order valence-electron chi connectivity index (χ2n) is 3.06. The van der Waals surface area contributed by atoms with Crippen LogP contribution in [0.3, 0.4) is 0 Å². The molecule has 0 N–H and O–H groups in total. The van der Waals surface area contributed by atoms with E-state index in [-0.39, 0.29) is 0 Å². The molecule has 0 atom stereocenters. The van der Waals surface area contributed by atoms with Gasteiger partial charge in [-0.3, -0.25) is 4.52 Å². The second-order valence-corrected chi connectivity index (χ2v) is 3.97. The van der Waals surface area contributed by atoms with E-state index >= 15 is 0 Å². The fourth-order valence-electron chi connectivity index (χ4n) is 1.26. The van der Waals surface area contributed by atoms with E-state index in [1.807, 2.05) is 24.3 Å². The topological polar surface area (TPSA) is 56.2 Å². The Kier molecular flexibility index (Phi) is 3.01. The third kappa shape index (κ3) is 2.79. The smallest absolute Gasteiger partial charge is 0.375 e. The van der Waals surface area contributed by atoms with Gasteiger partial charge in [0.25, 0.3) is 0 Å². The Morgan fingerprint density at radius 2 is 2.20 bits per heavy atom. The van der Waals surface area contributed by atoms with Gasteiger partial charge in [-0.1, -0.05) is 28.1 Å². The Hall–Kier alpha value is -1.36. The van der Waals surface area contributed by atoms with Crippen LogP contribution >= 0.6 is 15.9 Å². The summed E-state index contributed by atoms with van der Waals surface area (Å²) in [5, 5.41) is 3.49. The first-order chi connectivity index (χ1) is 7.24. The summed E-state index contributed by atoms with van der Waals surface area (Å²) in [5.41, 5.74) is 1.15. The molecule has 1 aromatic heterocycles. The molecule has 0 bridgehead atoms. The van der Waals surface area contributed by atoms with Crippen molar-refractivity contribution in [2.45, 2.75) is 12.8 Å². The molecule has 0 aliphatic heterocycles. The van der Waals surface area contributed by atoms with Crippen LogP contribution in [-0.2, 0) is 12.8 Å². The average molecular weight is 270 g/mol. The predicted molar refractivity (Wildman–Crippen MR) is 56.6 cm³/mol. The molecule has 0 amide bonds. The lowest BCUT2D eigenvalue weighted by Crippen LogP contribution is -1.92. The molecule has 78 valence electrons. The summed E-state index contributed by atoms with van der Waals surface area (Å²) in [6, 6.07) is 7.93. The second kappa shape index (κ2) is 4.44. The lowest BCUT2D eigenvalue weighted by molar-refractivity contribution is 0.334. The Balaban J connectivity index is 2.02. The zero-order chi connectivity index (χ0) is 10.7. The molecule has 0 spiro atoms. The van der Waals surface area contributed by atoms with E-state index in [1.54, 1.807) is 0 Å². The Morgan fingerprint density at radius 1 is 1.33 bits per heavy atom. The molecule has 0 aliphatic carbocycles. The number of aryl methyl sites for hydroxylation is 2. The highest BCUT2D eigenvalue weighted by atomic mass is 79.9. The van der Waals surface area contributed by atoms with Crippen molar-refractivity contribution in [3.8, 4) is 0 Å². The molecule has 0 fully saturated rings. The summed E-state index contributed by atoms with van der Waals surface area (Å²) < 4.78 is 10.0. The van der Waals surface area contributed by atoms with Crippen LogP contribution in [-0.4, -0.2) is 5.16 Å². The number of hydrogen-bond acceptors (Lipinski definition) is 4. The van der Waals surface area contributed by atoms with Crippen molar-refractivity contribution in [1.29, 1.82) is 0 Å². The monoisotopic (exact) mass is 269 g/mol. The first-order valence-electron chi connectivity index (χ1n) is 4.44. The minimum absolute atomic E-state index is 0.333. The Bertz CT molecular complexity index is 503. The van der Waals surface area contributed by atoms with Crippen molar-refractivity contribution < 1.29 is 8.94 Å². The number of nitrogens with zero attached hydrogens (tertiary/aromatic N) is 1. The molecule has 2 aromatic rings. The number of aromatic nitrogens is 1. The zero-order valence-electron chi connectivity index (χ0n) is 7.77. The Labute approximate surface area is 94.0 Å². The SMILES string of the molecule is O=c1onc(CCc2cccc(Br)c2)o1. The lowest BCUT2D eigenvalue weighted by Gasteiger charge is -1.98. The van der Waals surface area contributed by atoms with E-state index in [0.29, 0.717) is 12.3 Å². The molecule has 1 aromatic carbocycles. The van der Waals surface area contributed by atoms with Gasteiger partial charge in [-0.25, -0.2) is 4.79 Å². The van der Waals surface area contributed by atoms with Gasteiger partial charge < -0.3 is 4.42 Å². The highest BCUT2D eigenvalue weighted by Gasteiger charge is 2.03. The third-order valence-electron chi connectivity index (χ3n) is 1.94. The van der Waals surface area contributed by atoms with E-state index in [9.17, 15) is 4.79 Å². The standard InChI is InChI=1S/C10H8BrNO3/c11-8-3-1-2-7(6-8)4-5-9-12-15-10(13)14-9/h1-3,6H,4-5H2. The van der Waals surface area contributed by atoms with Crippen LogP contribution < -0.4 is 5.82 Å². The fourth-order valence-corrected chi connectivity index (χ4v) is 1.71. The van der Waals surface area contributed by atoms with Crippen LogP contribution in [0.25, 0.3) is 0 Å². The van der Waals surface area contributed by atoms with E-state index in [4.69, 9.17) is 4.42 Å². The maximum absolute atomic E-state index is 10.6. The number of hydrogen-bond donors (Lipinski definition) is 0. The van der Waals surface area contributed by atoms with Gasteiger partial charge in [0.05, 0.1) is 0 Å². The van der Waals surface area contributed by atoms with Crippen molar-refractivity contribution >= 4 is 15.9 Å². The summed E-state index contributed by atoms with van der Waals surface area (Å²) in [6.07, 6.45) is 1.32. The fraction of sp³-hybridized carbons (Fsp3) is 0.200. The summed E-state index contributed by atoms with van der Waals surface area (Å²) in [4.78, 5) is 10.6. The highest BCUT2D eigenvalue weighted by Crippen LogP contribution is 2.13. The van der Waals surface area contributed by atoms with Crippen molar-refractivity contribution in [2.75, 3.05) is 0 Å². The normalized spacial score (nSPS) is 10.5. The van der Waals surface area contributed by atoms with Gasteiger partial charge in [0.15, 0.2) is 0 Å². The first kappa shape index (κ1) is 10.2. The molecule has 0 radical (unpaired) electrons. The third-order valence-corrected chi connectivity index (χ3v) is 2.43. The molecule has 0 saturated heterocycles. The van der Waals surface area contributed by atoms with Crippen LogP contribution in [0, 0.1) is 0 Å². The largest absolute Gasteiger partial charge is 0.542 e. The van der Waals surface area contributed by atoms with E-state index in [2.05, 4.69) is 25.6 Å². The molecular weight excluding hydrogens is 262 g/mol. The summed E-state index contributed by atoms with van der Waals surface area (Å²) in [7, 11) is 0. The zero-order valence-corrected chi connectivity index (χ0v) is 9.36. The molecular formula is C10H8BrNO3. The van der Waals surface area contributed by atoms with Crippen LogP contribution in [0.15, 0.2) is 42.5 Å². The summed E-state index contributed by atoms with van der Waals surface area (Å²) >= 11 is 3.38. The van der Waals surface area contributed by atoms with Crippen molar-refractivity contribution in [1.82, 2.24) is 5.16 Å². The van der Waals surface area contributed by atoms with Gasteiger partial charge in [0, 0.05) is 10.9 Å². The predicted octanol–water partition coefficient (Wildman–Crippen LogP) is 2.18. The maximum atomic E-state index is 10.6. The van der Waals surface area contributed by atoms with Crippen molar-refractivity contribution in [3.05, 3.63) is 50.8 Å². The van der Waals surface area contributed by atoms with Gasteiger partial charge in [-0.2, -0.15) is 0 Å². The van der Waals surface area contributed by atoms with Gasteiger partial charge in [0.2, 0.25) is 5.89 Å². The van der Waals surface area contributed by atoms with Crippen molar-refractivity contribution in [3.63, 3.8) is 0 Å². The molecule has 2 rings (SSSR count). The molecule has 4 nitrogen and oxygen atoms in total. The maximum Gasteiger partial charge on any atom is 0.542 e. The van der Waals surface area contributed by atoms with Crippen LogP contribution in [0.4, 0.5) is 0 Å². The summed E-state index contributed by atoms with van der Waals surface area (Å²) in [6.45, 7) is 0. The molecule has 0 unspecified atom stereocenters. The molecule has 0 saturated carbocycles. The minimum Gasteiger partial charge on any atom is -0.375 e. The minimum atomic E-state index is -0.751. The molecule has 1 heterocycles. The lowest BCUT2D eigenvalue weighted by atomic mass is 10.1. The summed E-state index contributed by atoms with van der Waals surface area (Å²) in [5.74, 6) is -0.417. The van der Waals surface area contributed by atoms with E-state index < -0.39 is 5.82 Å². The van der Waals surface area contributed by atoms with Crippen LogP contribution in [0.1, 0.15) is 11.5 Å². The number of benzene rings is 1. The Morgan fingerprint density at radius 3 is 2.87 bits per heavy atom. The van der Waals surface area contributed by atoms with Crippen LogP contribution in [0.5, 0.6) is 0 Å². The quantitative estimate of drug-likeness (QED) is 0.857. The average Bonchev–Trinajstić information content (AvgIpc) is 2.62. The van der Waals surface area contributed by atoms with Crippen molar-refractivity contribution in [2.24, 2.45) is 0 Å². The van der Waals surface area contributed by atoms with Crippen LogP contribution in [0.2, 0.25) is 0 Å². The van der Waals surface area contributed by atoms with Gasteiger partial charge in [-0.05, 0) is 29.3 Å². The highest BCUT2D eigenvalue weighted by molar-refractivity contribution is 9.10. The van der Waals surface area contributed by atoms with Gasteiger partial charge >= 0.3 is 5.82 Å². The molecule has 15 heavy (non-hydrogen) atoms. The molecule has 0 aliphatic rings. The molecule has 5 heteroatoms. The van der Waals surface area contributed by atoms with E-state index in [1.165, 1.54) is 0 Å². The van der Waals surface area contributed by atoms with Gasteiger partial charge in [-0.15, -0.1) is 0 Å². The van der Waals surface area contributed by atoms with E-state index in [0.717, 1.165) is 16.5 Å². The number of halogens is 1.